The molecule has 2 aromatic carbocycles. The van der Waals surface area contributed by atoms with E-state index >= 15 is 0 Å². The van der Waals surface area contributed by atoms with Crippen molar-refractivity contribution >= 4 is 53.1 Å². The molecule has 2 aromatic rings. The molecule has 2 heterocycles. The largest absolute Gasteiger partial charge is 0.334 e. The molecule has 1 unspecified atom stereocenters. The third-order valence-electron chi connectivity index (χ3n) is 5.75. The molecule has 0 aromatic heterocycles. The van der Waals surface area contributed by atoms with Crippen LogP contribution in [0.1, 0.15) is 35.6 Å². The molecule has 2 aliphatic heterocycles. The second-order valence-electron chi connectivity index (χ2n) is 7.63. The van der Waals surface area contributed by atoms with E-state index in [2.05, 4.69) is 11.0 Å². The van der Waals surface area contributed by atoms with Crippen molar-refractivity contribution in [2.24, 2.45) is 0 Å². The molecule has 0 spiro atoms. The van der Waals surface area contributed by atoms with Crippen LogP contribution in [0.3, 0.4) is 0 Å². The molecule has 1 saturated heterocycles. The van der Waals surface area contributed by atoms with Gasteiger partial charge in [0.15, 0.2) is 0 Å². The second kappa shape index (κ2) is 9.89. The maximum absolute atomic E-state index is 13.2. The molecule has 1 amide bonds. The van der Waals surface area contributed by atoms with Crippen LogP contribution in [0.4, 0.5) is 0 Å². The zero-order chi connectivity index (χ0) is 19.7. The Morgan fingerprint density at radius 2 is 1.72 bits per heavy atom. The minimum absolute atomic E-state index is 0. The summed E-state index contributed by atoms with van der Waals surface area (Å²) < 4.78 is 0. The number of hydrogen-bond donors (Lipinski definition) is 0. The van der Waals surface area contributed by atoms with E-state index in [0.29, 0.717) is 16.5 Å². The fourth-order valence-corrected chi connectivity index (χ4v) is 4.80. The number of rotatable bonds is 4. The highest BCUT2D eigenvalue weighted by molar-refractivity contribution is 6.42. The van der Waals surface area contributed by atoms with Gasteiger partial charge in [-0.25, -0.2) is 0 Å². The van der Waals surface area contributed by atoms with Crippen molar-refractivity contribution in [3.8, 4) is 0 Å². The number of carbonyl (C=O) groups is 1. The topological polar surface area (TPSA) is 23.6 Å². The van der Waals surface area contributed by atoms with E-state index in [0.717, 1.165) is 43.2 Å². The zero-order valence-electron chi connectivity index (χ0n) is 16.0. The van der Waals surface area contributed by atoms with Crippen molar-refractivity contribution in [1.82, 2.24) is 9.80 Å². The van der Waals surface area contributed by atoms with E-state index < -0.39 is 0 Å². The van der Waals surface area contributed by atoms with Gasteiger partial charge in [-0.15, -0.1) is 12.4 Å². The van der Waals surface area contributed by atoms with Crippen LogP contribution >= 0.6 is 47.2 Å². The summed E-state index contributed by atoms with van der Waals surface area (Å²) in [7, 11) is 0. The van der Waals surface area contributed by atoms with Gasteiger partial charge in [0.05, 0.1) is 22.5 Å². The van der Waals surface area contributed by atoms with Gasteiger partial charge in [-0.05, 0) is 73.3 Å². The van der Waals surface area contributed by atoms with Gasteiger partial charge in [-0.3, -0.25) is 4.79 Å². The zero-order valence-corrected chi connectivity index (χ0v) is 19.1. The molecule has 156 valence electrons. The molecule has 0 aliphatic carbocycles. The monoisotopic (exact) mass is 472 g/mol. The average Bonchev–Trinajstić information content (AvgIpc) is 3.18. The van der Waals surface area contributed by atoms with Crippen LogP contribution in [0, 0.1) is 0 Å². The molecule has 0 bridgehead atoms. The van der Waals surface area contributed by atoms with Gasteiger partial charge in [0.1, 0.15) is 0 Å². The molecule has 29 heavy (non-hydrogen) atoms. The van der Waals surface area contributed by atoms with Crippen molar-refractivity contribution in [1.29, 1.82) is 0 Å². The lowest BCUT2D eigenvalue weighted by molar-refractivity contribution is -0.133. The Kier molecular flexibility index (Phi) is 7.75. The standard InChI is InChI=1S/C22H23Cl3N2O.ClH/c23-17-5-4-16-7-10-27(21(18(16)13-17)14-26-8-1-2-9-26)22(28)12-15-3-6-19(24)20(25)11-15;/h3-6,11,13,21H,1-2,7-10,12,14H2;1H. The molecule has 1 fully saturated rings. The Morgan fingerprint density at radius 3 is 2.45 bits per heavy atom. The molecule has 0 saturated carbocycles. The van der Waals surface area contributed by atoms with Crippen molar-refractivity contribution in [3.05, 3.63) is 68.2 Å². The Hall–Kier alpha value is -0.970. The van der Waals surface area contributed by atoms with Crippen LogP contribution < -0.4 is 0 Å². The van der Waals surface area contributed by atoms with Crippen molar-refractivity contribution in [3.63, 3.8) is 0 Å². The van der Waals surface area contributed by atoms with Crippen LogP contribution in [0.2, 0.25) is 15.1 Å². The lowest BCUT2D eigenvalue weighted by Gasteiger charge is -2.39. The molecule has 1 atom stereocenters. The lowest BCUT2D eigenvalue weighted by Crippen LogP contribution is -2.45. The minimum Gasteiger partial charge on any atom is -0.334 e. The number of amides is 1. The molecule has 0 radical (unpaired) electrons. The van der Waals surface area contributed by atoms with E-state index in [1.54, 1.807) is 12.1 Å². The summed E-state index contributed by atoms with van der Waals surface area (Å²) in [6.45, 7) is 3.79. The molecular weight excluding hydrogens is 450 g/mol. The molecule has 4 rings (SSSR count). The molecule has 2 aliphatic rings. The highest BCUT2D eigenvalue weighted by atomic mass is 35.5. The smallest absolute Gasteiger partial charge is 0.227 e. The van der Waals surface area contributed by atoms with Gasteiger partial charge in [0.25, 0.3) is 0 Å². The first-order valence-electron chi connectivity index (χ1n) is 9.75. The maximum atomic E-state index is 13.2. The fraction of sp³-hybridized carbons (Fsp3) is 0.409. The Morgan fingerprint density at radius 1 is 0.966 bits per heavy atom. The molecule has 3 nitrogen and oxygen atoms in total. The first kappa shape index (κ1) is 22.7. The second-order valence-corrected chi connectivity index (χ2v) is 8.88. The Bertz CT molecular complexity index is 883. The number of hydrogen-bond acceptors (Lipinski definition) is 2. The predicted octanol–water partition coefficient (Wildman–Crippen LogP) is 5.83. The molecule has 7 heteroatoms. The number of likely N-dealkylation sites (tertiary alicyclic amines) is 1. The van der Waals surface area contributed by atoms with Gasteiger partial charge in [0, 0.05) is 18.1 Å². The van der Waals surface area contributed by atoms with Crippen LogP contribution in [-0.2, 0) is 17.6 Å². The first-order valence-corrected chi connectivity index (χ1v) is 10.9. The third-order valence-corrected chi connectivity index (χ3v) is 6.73. The van der Waals surface area contributed by atoms with E-state index in [1.807, 2.05) is 23.1 Å². The third kappa shape index (κ3) is 5.21. The first-order chi connectivity index (χ1) is 13.5. The summed E-state index contributed by atoms with van der Waals surface area (Å²) >= 11 is 18.4. The number of fused-ring (bicyclic) bond motifs is 1. The highest BCUT2D eigenvalue weighted by Crippen LogP contribution is 2.34. The van der Waals surface area contributed by atoms with Gasteiger partial charge < -0.3 is 9.80 Å². The quantitative estimate of drug-likeness (QED) is 0.557. The van der Waals surface area contributed by atoms with Crippen molar-refractivity contribution in [2.75, 3.05) is 26.2 Å². The fourth-order valence-electron chi connectivity index (χ4n) is 4.30. The summed E-state index contributed by atoms with van der Waals surface area (Å²) in [6, 6.07) is 11.5. The predicted molar refractivity (Wildman–Crippen MR) is 123 cm³/mol. The van der Waals surface area contributed by atoms with Gasteiger partial charge in [-0.2, -0.15) is 0 Å². The average molecular weight is 474 g/mol. The van der Waals surface area contributed by atoms with Gasteiger partial charge >= 0.3 is 0 Å². The summed E-state index contributed by atoms with van der Waals surface area (Å²) in [5.41, 5.74) is 3.37. The summed E-state index contributed by atoms with van der Waals surface area (Å²) in [5.74, 6) is 0.119. The van der Waals surface area contributed by atoms with E-state index in [4.69, 9.17) is 34.8 Å². The Labute approximate surface area is 193 Å². The highest BCUT2D eigenvalue weighted by Gasteiger charge is 2.32. The van der Waals surface area contributed by atoms with Crippen LogP contribution in [0.25, 0.3) is 0 Å². The number of nitrogens with zero attached hydrogens (tertiary/aromatic N) is 2. The molecular formula is C22H24Cl4N2O. The SMILES string of the molecule is Cl.O=C(Cc1ccc(Cl)c(Cl)c1)N1CCc2ccc(Cl)cc2C1CN1CCCC1. The lowest BCUT2D eigenvalue weighted by atomic mass is 9.91. The minimum atomic E-state index is 0. The summed E-state index contributed by atoms with van der Waals surface area (Å²) in [5, 5.41) is 1.71. The normalized spacial score (nSPS) is 19.0. The van der Waals surface area contributed by atoms with E-state index in [1.165, 1.54) is 24.0 Å². The summed E-state index contributed by atoms with van der Waals surface area (Å²) in [4.78, 5) is 17.7. The van der Waals surface area contributed by atoms with Gasteiger partial charge in [0.2, 0.25) is 5.91 Å². The molecule has 0 N–H and O–H groups in total. The number of benzene rings is 2. The van der Waals surface area contributed by atoms with Gasteiger partial charge in [-0.1, -0.05) is 46.9 Å². The number of halogens is 4. The van der Waals surface area contributed by atoms with E-state index in [-0.39, 0.29) is 24.4 Å². The maximum Gasteiger partial charge on any atom is 0.227 e. The summed E-state index contributed by atoms with van der Waals surface area (Å²) in [6.07, 6.45) is 3.64. The van der Waals surface area contributed by atoms with Crippen molar-refractivity contribution < 1.29 is 4.79 Å². The number of carbonyl (C=O) groups excluding carboxylic acids is 1. The van der Waals surface area contributed by atoms with Crippen LogP contribution in [-0.4, -0.2) is 41.9 Å². The van der Waals surface area contributed by atoms with Crippen LogP contribution in [0.15, 0.2) is 36.4 Å². The van der Waals surface area contributed by atoms with E-state index in [9.17, 15) is 4.79 Å². The van der Waals surface area contributed by atoms with Crippen LogP contribution in [0.5, 0.6) is 0 Å². The van der Waals surface area contributed by atoms with Crippen molar-refractivity contribution in [2.45, 2.75) is 31.7 Å². The Balaban J connectivity index is 0.00000240.